The average Bonchev–Trinajstić information content (AvgIpc) is 2.77. The number of nitrogens with one attached hydrogen (secondary N) is 1. The van der Waals surface area contributed by atoms with Gasteiger partial charge in [0.25, 0.3) is 0 Å². The molecule has 0 bridgehead atoms. The van der Waals surface area contributed by atoms with Gasteiger partial charge in [-0.3, -0.25) is 0 Å². The smallest absolute Gasteiger partial charge is 0.163 e. The highest BCUT2D eigenvalue weighted by molar-refractivity contribution is 5.18. The summed E-state index contributed by atoms with van der Waals surface area (Å²) in [6.07, 6.45) is 1.46. The molecule has 1 aromatic carbocycles. The lowest BCUT2D eigenvalue weighted by Crippen LogP contribution is -2.14. The van der Waals surface area contributed by atoms with Gasteiger partial charge in [0.15, 0.2) is 11.6 Å². The Hall–Kier alpha value is -1.75. The first-order valence-electron chi connectivity index (χ1n) is 4.80. The zero-order valence-corrected chi connectivity index (χ0v) is 8.41. The molecule has 0 atom stereocenters. The minimum atomic E-state index is -0.833. The summed E-state index contributed by atoms with van der Waals surface area (Å²) in [5.41, 5.74) is 1.01. The fourth-order valence-corrected chi connectivity index (χ4v) is 1.34. The van der Waals surface area contributed by atoms with E-state index in [1.165, 1.54) is 18.4 Å². The summed E-state index contributed by atoms with van der Waals surface area (Å²) >= 11 is 0. The van der Waals surface area contributed by atoms with Crippen molar-refractivity contribution in [3.8, 4) is 0 Å². The molecule has 0 spiro atoms. The first-order chi connectivity index (χ1) is 7.77. The van der Waals surface area contributed by atoms with Crippen LogP contribution < -0.4 is 5.32 Å². The lowest BCUT2D eigenvalue weighted by Gasteiger charge is -2.04. The van der Waals surface area contributed by atoms with E-state index in [1.54, 1.807) is 6.07 Å². The second-order valence-electron chi connectivity index (χ2n) is 3.31. The van der Waals surface area contributed by atoms with Gasteiger partial charge in [0, 0.05) is 24.7 Å². The standard InChI is InChI=1S/C11H10F2N2O/c12-10-3-1-2-8(11(10)13)6-14-7-9-4-5-16-15-9/h1-5,14H,6-7H2. The summed E-state index contributed by atoms with van der Waals surface area (Å²) in [5, 5.41) is 6.63. The van der Waals surface area contributed by atoms with Crippen molar-refractivity contribution in [1.29, 1.82) is 0 Å². The minimum absolute atomic E-state index is 0.246. The van der Waals surface area contributed by atoms with Gasteiger partial charge in [-0.1, -0.05) is 17.3 Å². The number of benzene rings is 1. The Morgan fingerprint density at radius 2 is 2.06 bits per heavy atom. The highest BCUT2D eigenvalue weighted by Crippen LogP contribution is 2.10. The molecular weight excluding hydrogens is 214 g/mol. The van der Waals surface area contributed by atoms with Crippen molar-refractivity contribution in [2.45, 2.75) is 13.1 Å². The van der Waals surface area contributed by atoms with Gasteiger partial charge >= 0.3 is 0 Å². The van der Waals surface area contributed by atoms with Crippen LogP contribution in [0.3, 0.4) is 0 Å². The van der Waals surface area contributed by atoms with Gasteiger partial charge in [0.05, 0.1) is 5.69 Å². The van der Waals surface area contributed by atoms with E-state index in [4.69, 9.17) is 0 Å². The lowest BCUT2D eigenvalue weighted by atomic mass is 10.2. The summed E-state index contributed by atoms with van der Waals surface area (Å²) in [4.78, 5) is 0. The molecule has 0 amide bonds. The van der Waals surface area contributed by atoms with E-state index in [1.807, 2.05) is 0 Å². The van der Waals surface area contributed by atoms with Crippen LogP contribution in [0.4, 0.5) is 8.78 Å². The van der Waals surface area contributed by atoms with Crippen molar-refractivity contribution in [1.82, 2.24) is 10.5 Å². The van der Waals surface area contributed by atoms with Crippen LogP contribution >= 0.6 is 0 Å². The third-order valence-corrected chi connectivity index (χ3v) is 2.14. The summed E-state index contributed by atoms with van der Waals surface area (Å²) in [5.74, 6) is -1.64. The zero-order valence-electron chi connectivity index (χ0n) is 8.41. The second-order valence-corrected chi connectivity index (χ2v) is 3.31. The molecule has 0 aliphatic rings. The molecule has 16 heavy (non-hydrogen) atoms. The van der Waals surface area contributed by atoms with Crippen LogP contribution in [0, 0.1) is 11.6 Å². The predicted octanol–water partition coefficient (Wildman–Crippen LogP) is 2.24. The number of hydrogen-bond donors (Lipinski definition) is 1. The van der Waals surface area contributed by atoms with Crippen molar-refractivity contribution in [2.75, 3.05) is 0 Å². The Labute approximate surface area is 91.1 Å². The van der Waals surface area contributed by atoms with E-state index in [0.717, 1.165) is 11.8 Å². The van der Waals surface area contributed by atoms with Gasteiger partial charge in [-0.05, 0) is 6.07 Å². The predicted molar refractivity (Wildman–Crippen MR) is 53.4 cm³/mol. The zero-order chi connectivity index (χ0) is 11.4. The SMILES string of the molecule is Fc1cccc(CNCc2ccon2)c1F. The minimum Gasteiger partial charge on any atom is -0.364 e. The molecule has 0 saturated heterocycles. The normalized spacial score (nSPS) is 10.6. The molecule has 0 fully saturated rings. The number of nitrogens with zero attached hydrogens (tertiary/aromatic N) is 1. The van der Waals surface area contributed by atoms with E-state index in [-0.39, 0.29) is 6.54 Å². The van der Waals surface area contributed by atoms with Gasteiger partial charge in [-0.25, -0.2) is 8.78 Å². The van der Waals surface area contributed by atoms with Crippen LogP contribution in [0.2, 0.25) is 0 Å². The molecule has 1 N–H and O–H groups in total. The highest BCUT2D eigenvalue weighted by Gasteiger charge is 2.06. The highest BCUT2D eigenvalue weighted by atomic mass is 19.2. The lowest BCUT2D eigenvalue weighted by molar-refractivity contribution is 0.408. The monoisotopic (exact) mass is 224 g/mol. The second kappa shape index (κ2) is 4.85. The van der Waals surface area contributed by atoms with Crippen LogP contribution in [0.25, 0.3) is 0 Å². The molecule has 5 heteroatoms. The van der Waals surface area contributed by atoms with Gasteiger partial charge in [-0.15, -0.1) is 0 Å². The molecule has 3 nitrogen and oxygen atoms in total. The Balaban J connectivity index is 1.92. The van der Waals surface area contributed by atoms with Crippen molar-refractivity contribution in [2.24, 2.45) is 0 Å². The Bertz CT molecular complexity index is 457. The van der Waals surface area contributed by atoms with Gasteiger partial charge < -0.3 is 9.84 Å². The van der Waals surface area contributed by atoms with E-state index in [0.29, 0.717) is 12.1 Å². The van der Waals surface area contributed by atoms with Crippen LogP contribution in [0.1, 0.15) is 11.3 Å². The van der Waals surface area contributed by atoms with Crippen molar-refractivity contribution in [3.05, 3.63) is 53.4 Å². The Morgan fingerprint density at radius 1 is 1.19 bits per heavy atom. The summed E-state index contributed by atoms with van der Waals surface area (Å²) in [7, 11) is 0. The summed E-state index contributed by atoms with van der Waals surface area (Å²) < 4.78 is 30.7. The van der Waals surface area contributed by atoms with E-state index < -0.39 is 11.6 Å². The first kappa shape index (κ1) is 10.8. The molecule has 0 saturated carbocycles. The van der Waals surface area contributed by atoms with E-state index in [9.17, 15) is 8.78 Å². The molecule has 84 valence electrons. The van der Waals surface area contributed by atoms with E-state index >= 15 is 0 Å². The van der Waals surface area contributed by atoms with Crippen molar-refractivity contribution in [3.63, 3.8) is 0 Å². The number of rotatable bonds is 4. The average molecular weight is 224 g/mol. The molecule has 1 aromatic heterocycles. The maximum atomic E-state index is 13.2. The third kappa shape index (κ3) is 2.43. The quantitative estimate of drug-likeness (QED) is 0.865. The van der Waals surface area contributed by atoms with Crippen molar-refractivity contribution < 1.29 is 13.3 Å². The summed E-state index contributed by atoms with van der Waals surface area (Å²) in [6.45, 7) is 0.697. The molecule has 2 aromatic rings. The molecule has 0 aliphatic carbocycles. The summed E-state index contributed by atoms with van der Waals surface area (Å²) in [6, 6.07) is 5.81. The molecule has 0 radical (unpaired) electrons. The van der Waals surface area contributed by atoms with Crippen LogP contribution in [0.5, 0.6) is 0 Å². The molecule has 0 aliphatic heterocycles. The molecular formula is C11H10F2N2O. The molecule has 2 rings (SSSR count). The Morgan fingerprint density at radius 3 is 2.81 bits per heavy atom. The maximum absolute atomic E-state index is 13.2. The molecule has 0 unspecified atom stereocenters. The number of aromatic nitrogens is 1. The van der Waals surface area contributed by atoms with Crippen LogP contribution in [-0.4, -0.2) is 5.16 Å². The first-order valence-corrected chi connectivity index (χ1v) is 4.80. The van der Waals surface area contributed by atoms with Gasteiger partial charge in [-0.2, -0.15) is 0 Å². The third-order valence-electron chi connectivity index (χ3n) is 2.14. The van der Waals surface area contributed by atoms with Gasteiger partial charge in [0.1, 0.15) is 6.26 Å². The fraction of sp³-hybridized carbons (Fsp3) is 0.182. The topological polar surface area (TPSA) is 38.1 Å². The van der Waals surface area contributed by atoms with E-state index in [2.05, 4.69) is 15.0 Å². The van der Waals surface area contributed by atoms with Gasteiger partial charge in [0.2, 0.25) is 0 Å². The molecule has 1 heterocycles. The van der Waals surface area contributed by atoms with Crippen LogP contribution in [-0.2, 0) is 13.1 Å². The Kier molecular flexibility index (Phi) is 3.26. The largest absolute Gasteiger partial charge is 0.364 e. The van der Waals surface area contributed by atoms with Crippen LogP contribution in [0.15, 0.2) is 35.1 Å². The number of hydrogen-bond acceptors (Lipinski definition) is 3. The van der Waals surface area contributed by atoms with Crippen molar-refractivity contribution >= 4 is 0 Å². The number of halogens is 2. The maximum Gasteiger partial charge on any atom is 0.163 e. The fourth-order valence-electron chi connectivity index (χ4n) is 1.34.